The van der Waals surface area contributed by atoms with Gasteiger partial charge in [0.25, 0.3) is 11.6 Å². The van der Waals surface area contributed by atoms with Crippen LogP contribution in [-0.2, 0) is 21.3 Å². The maximum absolute atomic E-state index is 12.8. The lowest BCUT2D eigenvalue weighted by Crippen LogP contribution is -2.42. The lowest BCUT2D eigenvalue weighted by Gasteiger charge is -2.22. The first-order valence-electron chi connectivity index (χ1n) is 8.78. The van der Waals surface area contributed by atoms with Gasteiger partial charge in [-0.05, 0) is 30.7 Å². The molecule has 0 aliphatic carbocycles. The average molecular weight is 436 g/mol. The van der Waals surface area contributed by atoms with Gasteiger partial charge in [0.15, 0.2) is 0 Å². The molecule has 1 aliphatic heterocycles. The van der Waals surface area contributed by atoms with Gasteiger partial charge in [0.2, 0.25) is 5.91 Å². The monoisotopic (exact) mass is 436 g/mol. The summed E-state index contributed by atoms with van der Waals surface area (Å²) >= 11 is 0. The quantitative estimate of drug-likeness (QED) is 0.424. The second-order valence-corrected chi connectivity index (χ2v) is 6.88. The van der Waals surface area contributed by atoms with E-state index in [1.54, 1.807) is 0 Å². The first-order valence-corrected chi connectivity index (χ1v) is 8.78. The van der Waals surface area contributed by atoms with E-state index in [0.717, 1.165) is 24.3 Å². The summed E-state index contributed by atoms with van der Waals surface area (Å²) in [5, 5.41) is 15.6. The van der Waals surface area contributed by atoms with Crippen LogP contribution in [0.1, 0.15) is 18.1 Å². The molecular weight excluding hydrogens is 421 g/mol. The van der Waals surface area contributed by atoms with Gasteiger partial charge in [-0.3, -0.25) is 24.6 Å². The number of nitrogens with zero attached hydrogens (tertiary/aromatic N) is 2. The fourth-order valence-electron chi connectivity index (χ4n) is 3.08. The number of urea groups is 1. The third-order valence-electron chi connectivity index (χ3n) is 4.68. The molecule has 1 aliphatic rings. The topological polar surface area (TPSA) is 122 Å². The summed E-state index contributed by atoms with van der Waals surface area (Å²) in [6, 6.07) is 8.07. The van der Waals surface area contributed by atoms with Crippen molar-refractivity contribution in [2.24, 2.45) is 0 Å². The van der Waals surface area contributed by atoms with Crippen LogP contribution in [0, 0.1) is 10.1 Å². The molecule has 12 heteroatoms. The van der Waals surface area contributed by atoms with Crippen molar-refractivity contribution in [1.82, 2.24) is 10.2 Å². The molecule has 3 rings (SSSR count). The molecule has 9 nitrogen and oxygen atoms in total. The molecule has 0 radical (unpaired) electrons. The number of rotatable bonds is 5. The number of carbonyl (C=O) groups is 3. The predicted octanol–water partition coefficient (Wildman–Crippen LogP) is 3.02. The Hall–Kier alpha value is -3.96. The third kappa shape index (κ3) is 4.32. The van der Waals surface area contributed by atoms with Crippen molar-refractivity contribution in [3.8, 4) is 0 Å². The highest BCUT2D eigenvalue weighted by Crippen LogP contribution is 2.32. The van der Waals surface area contributed by atoms with E-state index in [0.29, 0.717) is 4.90 Å². The number of carbonyl (C=O) groups excluding carboxylic acids is 3. The summed E-state index contributed by atoms with van der Waals surface area (Å²) in [6.07, 6.45) is -4.61. The van der Waals surface area contributed by atoms with E-state index in [1.165, 1.54) is 31.2 Å². The molecule has 0 spiro atoms. The van der Waals surface area contributed by atoms with E-state index in [-0.39, 0.29) is 16.9 Å². The van der Waals surface area contributed by atoms with Crippen molar-refractivity contribution in [1.29, 1.82) is 0 Å². The molecule has 0 saturated carbocycles. The Morgan fingerprint density at radius 2 is 1.87 bits per heavy atom. The zero-order chi connectivity index (χ0) is 23.0. The predicted molar refractivity (Wildman–Crippen MR) is 101 cm³/mol. The van der Waals surface area contributed by atoms with Crippen molar-refractivity contribution in [2.75, 3.05) is 11.9 Å². The van der Waals surface area contributed by atoms with Crippen LogP contribution in [0.3, 0.4) is 0 Å². The van der Waals surface area contributed by atoms with Crippen LogP contribution in [0.15, 0.2) is 48.5 Å². The van der Waals surface area contributed by atoms with Gasteiger partial charge in [0.05, 0.1) is 10.5 Å². The Bertz CT molecular complexity index is 1090. The van der Waals surface area contributed by atoms with Crippen LogP contribution in [0.4, 0.5) is 29.3 Å². The van der Waals surface area contributed by atoms with E-state index in [9.17, 15) is 37.7 Å². The second-order valence-electron chi connectivity index (χ2n) is 6.88. The summed E-state index contributed by atoms with van der Waals surface area (Å²) < 4.78 is 38.4. The molecule has 0 aromatic heterocycles. The number of hydrogen-bond acceptors (Lipinski definition) is 5. The largest absolute Gasteiger partial charge is 0.416 e. The maximum Gasteiger partial charge on any atom is 0.416 e. The number of halogens is 3. The first-order chi connectivity index (χ1) is 14.4. The van der Waals surface area contributed by atoms with E-state index >= 15 is 0 Å². The summed E-state index contributed by atoms with van der Waals surface area (Å²) in [5.41, 5.74) is -2.94. The van der Waals surface area contributed by atoms with Gasteiger partial charge in [0, 0.05) is 17.8 Å². The highest BCUT2D eigenvalue weighted by atomic mass is 19.4. The van der Waals surface area contributed by atoms with Crippen molar-refractivity contribution < 1.29 is 32.5 Å². The minimum Gasteiger partial charge on any atom is -0.325 e. The average Bonchev–Trinajstić information content (AvgIpc) is 2.91. The minimum atomic E-state index is -4.61. The molecule has 162 valence electrons. The van der Waals surface area contributed by atoms with Crippen molar-refractivity contribution in [3.63, 3.8) is 0 Å². The Kier molecular flexibility index (Phi) is 5.40. The van der Waals surface area contributed by atoms with E-state index < -0.39 is 46.6 Å². The van der Waals surface area contributed by atoms with Crippen molar-refractivity contribution >= 4 is 29.2 Å². The van der Waals surface area contributed by atoms with Crippen molar-refractivity contribution in [3.05, 3.63) is 69.8 Å². The van der Waals surface area contributed by atoms with E-state index in [4.69, 9.17) is 0 Å². The fraction of sp³-hybridized carbons (Fsp3) is 0.211. The number of nitrogens with one attached hydrogen (secondary N) is 2. The normalized spacial score (nSPS) is 18.6. The molecule has 1 fully saturated rings. The standard InChI is InChI=1S/C19H15F3N4O5/c1-18(11-4-3-7-14(9-11)26(30)31)16(28)25(17(29)24-18)10-15(27)23-13-6-2-5-12(8-13)19(20,21)22/h2-9H,10H2,1H3,(H,23,27)(H,24,29). The van der Waals surface area contributed by atoms with E-state index in [2.05, 4.69) is 10.6 Å². The fourth-order valence-corrected chi connectivity index (χ4v) is 3.08. The number of hydrogen-bond donors (Lipinski definition) is 2. The van der Waals surface area contributed by atoms with Gasteiger partial charge >= 0.3 is 12.2 Å². The number of alkyl halides is 3. The number of nitro groups is 1. The Balaban J connectivity index is 1.77. The highest BCUT2D eigenvalue weighted by Gasteiger charge is 2.49. The number of non-ortho nitro benzene ring substituents is 1. The van der Waals surface area contributed by atoms with Gasteiger partial charge in [0.1, 0.15) is 12.1 Å². The molecule has 4 amide bonds. The molecular formula is C19H15F3N4O5. The number of amides is 4. The zero-order valence-electron chi connectivity index (χ0n) is 15.9. The molecule has 31 heavy (non-hydrogen) atoms. The number of anilines is 1. The van der Waals surface area contributed by atoms with Gasteiger partial charge in [-0.1, -0.05) is 18.2 Å². The van der Waals surface area contributed by atoms with Gasteiger partial charge in [-0.2, -0.15) is 13.2 Å². The minimum absolute atomic E-state index is 0.140. The van der Waals surface area contributed by atoms with Crippen LogP contribution >= 0.6 is 0 Å². The van der Waals surface area contributed by atoms with Crippen LogP contribution < -0.4 is 10.6 Å². The molecule has 2 aromatic carbocycles. The molecule has 1 heterocycles. The van der Waals surface area contributed by atoms with Crippen LogP contribution in [0.25, 0.3) is 0 Å². The molecule has 1 atom stereocenters. The number of nitro benzene ring substituents is 1. The van der Waals surface area contributed by atoms with E-state index in [1.807, 2.05) is 0 Å². The Labute approximate surface area is 173 Å². The van der Waals surface area contributed by atoms with Crippen LogP contribution in [-0.4, -0.2) is 34.2 Å². The smallest absolute Gasteiger partial charge is 0.325 e. The highest BCUT2D eigenvalue weighted by molar-refractivity contribution is 6.10. The summed E-state index contributed by atoms with van der Waals surface area (Å²) in [4.78, 5) is 48.3. The molecule has 0 bridgehead atoms. The second kappa shape index (κ2) is 7.70. The van der Waals surface area contributed by atoms with Gasteiger partial charge < -0.3 is 10.6 Å². The van der Waals surface area contributed by atoms with Crippen LogP contribution in [0.2, 0.25) is 0 Å². The third-order valence-corrected chi connectivity index (χ3v) is 4.68. The molecule has 2 N–H and O–H groups in total. The lowest BCUT2D eigenvalue weighted by atomic mass is 9.91. The summed E-state index contributed by atoms with van der Waals surface area (Å²) in [7, 11) is 0. The zero-order valence-corrected chi connectivity index (χ0v) is 15.9. The summed E-state index contributed by atoms with van der Waals surface area (Å²) in [6.45, 7) is 0.572. The summed E-state index contributed by atoms with van der Waals surface area (Å²) in [5.74, 6) is -1.73. The lowest BCUT2D eigenvalue weighted by molar-refractivity contribution is -0.385. The molecule has 1 unspecified atom stereocenters. The maximum atomic E-state index is 12.8. The van der Waals surface area contributed by atoms with Gasteiger partial charge in [-0.15, -0.1) is 0 Å². The Morgan fingerprint density at radius 3 is 2.52 bits per heavy atom. The first kappa shape index (κ1) is 21.7. The molecule has 1 saturated heterocycles. The van der Waals surface area contributed by atoms with Crippen molar-refractivity contribution in [2.45, 2.75) is 18.6 Å². The Morgan fingerprint density at radius 1 is 1.19 bits per heavy atom. The van der Waals surface area contributed by atoms with Crippen LogP contribution in [0.5, 0.6) is 0 Å². The number of benzene rings is 2. The SMILES string of the molecule is CC1(c2cccc([N+](=O)[O-])c2)NC(=O)N(CC(=O)Nc2cccc(C(F)(F)F)c2)C1=O. The molecule has 2 aromatic rings. The van der Waals surface area contributed by atoms with Gasteiger partial charge in [-0.25, -0.2) is 4.79 Å². The number of imide groups is 1.